The molecule has 0 atom stereocenters. The van der Waals surface area contributed by atoms with Gasteiger partial charge in [-0.25, -0.2) is 0 Å². The first kappa shape index (κ1) is 16.8. The molecule has 1 aromatic heterocycles. The first-order valence-corrected chi connectivity index (χ1v) is 7.38. The minimum absolute atomic E-state index is 0.0609. The Bertz CT molecular complexity index is 879. The number of amides is 1. The Balaban J connectivity index is 2.26. The van der Waals surface area contributed by atoms with Crippen molar-refractivity contribution in [1.82, 2.24) is 4.57 Å². The van der Waals surface area contributed by atoms with Crippen molar-refractivity contribution in [2.75, 3.05) is 5.32 Å². The fourth-order valence-corrected chi connectivity index (χ4v) is 2.44. The summed E-state index contributed by atoms with van der Waals surface area (Å²) in [6, 6.07) is 8.76. The lowest BCUT2D eigenvalue weighted by molar-refractivity contribution is -0.116. The number of carbonyl (C=O) groups excluding carboxylic acids is 1. The van der Waals surface area contributed by atoms with Gasteiger partial charge in [-0.15, -0.1) is 0 Å². The third-order valence-electron chi connectivity index (χ3n) is 3.56. The number of pyridine rings is 1. The van der Waals surface area contributed by atoms with Crippen molar-refractivity contribution < 1.29 is 4.79 Å². The van der Waals surface area contributed by atoms with E-state index in [1.807, 2.05) is 13.0 Å². The fourth-order valence-electron chi connectivity index (χ4n) is 2.33. The van der Waals surface area contributed by atoms with E-state index >= 15 is 0 Å². The molecule has 0 saturated heterocycles. The fraction of sp³-hybridized carbons (Fsp3) is 0.235. The van der Waals surface area contributed by atoms with Gasteiger partial charge in [-0.1, -0.05) is 11.6 Å². The van der Waals surface area contributed by atoms with Crippen LogP contribution < -0.4 is 10.9 Å². The first-order chi connectivity index (χ1) is 10.8. The number of carbonyl (C=O) groups is 1. The smallest absolute Gasteiger partial charge is 0.269 e. The van der Waals surface area contributed by atoms with Crippen LogP contribution in [-0.4, -0.2) is 10.5 Å². The number of hydrogen-bond donors (Lipinski definition) is 1. The van der Waals surface area contributed by atoms with E-state index in [0.717, 1.165) is 5.56 Å². The van der Waals surface area contributed by atoms with Crippen molar-refractivity contribution in [3.8, 4) is 6.07 Å². The Kier molecular flexibility index (Phi) is 4.87. The van der Waals surface area contributed by atoms with Crippen LogP contribution in [0.25, 0.3) is 0 Å². The maximum atomic E-state index is 12.3. The molecule has 0 unspecified atom stereocenters. The second kappa shape index (κ2) is 6.67. The number of nitrogens with one attached hydrogen (secondary N) is 1. The molecule has 0 spiro atoms. The van der Waals surface area contributed by atoms with Gasteiger partial charge in [0.2, 0.25) is 5.91 Å². The number of aromatic nitrogens is 1. The summed E-state index contributed by atoms with van der Waals surface area (Å²) in [7, 11) is 0. The molecule has 6 heteroatoms. The van der Waals surface area contributed by atoms with Crippen LogP contribution in [0.3, 0.4) is 0 Å². The SMILES string of the molecule is Cc1cc(NC(=O)Cn2c(C)cc(C)c(C#N)c2=O)ccc1Cl. The molecule has 0 aliphatic carbocycles. The van der Waals surface area contributed by atoms with Gasteiger partial charge in [-0.05, 0) is 56.2 Å². The molecular formula is C17H16ClN3O2. The van der Waals surface area contributed by atoms with Crippen molar-refractivity contribution in [2.24, 2.45) is 0 Å². The molecule has 118 valence electrons. The summed E-state index contributed by atoms with van der Waals surface area (Å²) in [5, 5.41) is 12.4. The Morgan fingerprint density at radius 1 is 1.26 bits per heavy atom. The van der Waals surface area contributed by atoms with Gasteiger partial charge in [0.1, 0.15) is 18.2 Å². The van der Waals surface area contributed by atoms with Gasteiger partial charge in [0.05, 0.1) is 0 Å². The second-order valence-corrected chi connectivity index (χ2v) is 5.77. The molecule has 23 heavy (non-hydrogen) atoms. The van der Waals surface area contributed by atoms with E-state index in [1.165, 1.54) is 4.57 Å². The molecule has 1 amide bonds. The zero-order valence-electron chi connectivity index (χ0n) is 13.1. The van der Waals surface area contributed by atoms with Gasteiger partial charge in [-0.3, -0.25) is 9.59 Å². The lowest BCUT2D eigenvalue weighted by Crippen LogP contribution is -2.31. The molecule has 0 aliphatic heterocycles. The van der Waals surface area contributed by atoms with Crippen LogP contribution in [-0.2, 0) is 11.3 Å². The largest absolute Gasteiger partial charge is 0.325 e. The van der Waals surface area contributed by atoms with Crippen LogP contribution in [0.15, 0.2) is 29.1 Å². The van der Waals surface area contributed by atoms with Gasteiger partial charge < -0.3 is 9.88 Å². The van der Waals surface area contributed by atoms with Crippen molar-refractivity contribution in [3.63, 3.8) is 0 Å². The lowest BCUT2D eigenvalue weighted by atomic mass is 10.1. The molecule has 1 N–H and O–H groups in total. The average Bonchev–Trinajstić information content (AvgIpc) is 2.47. The van der Waals surface area contributed by atoms with E-state index in [0.29, 0.717) is 22.0 Å². The van der Waals surface area contributed by atoms with Crippen molar-refractivity contribution >= 4 is 23.2 Å². The lowest BCUT2D eigenvalue weighted by Gasteiger charge is -2.12. The number of nitrogens with zero attached hydrogens (tertiary/aromatic N) is 2. The monoisotopic (exact) mass is 329 g/mol. The summed E-state index contributed by atoms with van der Waals surface area (Å²) in [5.41, 5.74) is 2.31. The van der Waals surface area contributed by atoms with Gasteiger partial charge in [0, 0.05) is 16.4 Å². The van der Waals surface area contributed by atoms with E-state index in [1.54, 1.807) is 38.1 Å². The Morgan fingerprint density at radius 3 is 2.57 bits per heavy atom. The van der Waals surface area contributed by atoms with Crippen LogP contribution in [0, 0.1) is 32.1 Å². The molecule has 5 nitrogen and oxygen atoms in total. The number of hydrogen-bond acceptors (Lipinski definition) is 3. The molecule has 2 rings (SSSR count). The Labute approximate surface area is 139 Å². The number of benzene rings is 1. The molecular weight excluding hydrogens is 314 g/mol. The molecule has 0 radical (unpaired) electrons. The highest BCUT2D eigenvalue weighted by molar-refractivity contribution is 6.31. The van der Waals surface area contributed by atoms with E-state index in [2.05, 4.69) is 5.32 Å². The quantitative estimate of drug-likeness (QED) is 0.940. The third-order valence-corrected chi connectivity index (χ3v) is 3.98. The summed E-state index contributed by atoms with van der Waals surface area (Å²) in [4.78, 5) is 24.5. The van der Waals surface area contributed by atoms with Crippen LogP contribution >= 0.6 is 11.6 Å². The van der Waals surface area contributed by atoms with Crippen LogP contribution in [0.1, 0.15) is 22.4 Å². The number of nitriles is 1. The van der Waals surface area contributed by atoms with Crippen LogP contribution in [0.4, 0.5) is 5.69 Å². The maximum absolute atomic E-state index is 12.3. The number of halogens is 1. The molecule has 1 aromatic carbocycles. The normalized spacial score (nSPS) is 10.2. The van der Waals surface area contributed by atoms with E-state index in [-0.39, 0.29) is 18.0 Å². The minimum Gasteiger partial charge on any atom is -0.325 e. The summed E-state index contributed by atoms with van der Waals surface area (Å²) in [6.07, 6.45) is 0. The van der Waals surface area contributed by atoms with Gasteiger partial charge in [0.15, 0.2) is 0 Å². The van der Waals surface area contributed by atoms with Crippen molar-refractivity contribution in [1.29, 1.82) is 5.26 Å². The second-order valence-electron chi connectivity index (χ2n) is 5.36. The van der Waals surface area contributed by atoms with E-state index in [9.17, 15) is 9.59 Å². The molecule has 2 aromatic rings. The Hall–Kier alpha value is -2.58. The number of aryl methyl sites for hydroxylation is 3. The third kappa shape index (κ3) is 3.61. The highest BCUT2D eigenvalue weighted by atomic mass is 35.5. The topological polar surface area (TPSA) is 74.9 Å². The summed E-state index contributed by atoms with van der Waals surface area (Å²) in [5.74, 6) is -0.343. The number of rotatable bonds is 3. The summed E-state index contributed by atoms with van der Waals surface area (Å²) in [6.45, 7) is 5.12. The summed E-state index contributed by atoms with van der Waals surface area (Å²) >= 11 is 5.95. The van der Waals surface area contributed by atoms with Crippen molar-refractivity contribution in [2.45, 2.75) is 27.3 Å². The summed E-state index contributed by atoms with van der Waals surface area (Å²) < 4.78 is 1.30. The van der Waals surface area contributed by atoms with Crippen LogP contribution in [0.5, 0.6) is 0 Å². The van der Waals surface area contributed by atoms with E-state index in [4.69, 9.17) is 16.9 Å². The zero-order valence-corrected chi connectivity index (χ0v) is 13.9. The van der Waals surface area contributed by atoms with Gasteiger partial charge in [-0.2, -0.15) is 5.26 Å². The first-order valence-electron chi connectivity index (χ1n) is 7.00. The zero-order chi connectivity index (χ0) is 17.1. The van der Waals surface area contributed by atoms with Gasteiger partial charge in [0.25, 0.3) is 5.56 Å². The predicted octanol–water partition coefficient (Wildman–Crippen LogP) is 2.94. The highest BCUT2D eigenvalue weighted by Gasteiger charge is 2.13. The van der Waals surface area contributed by atoms with Crippen LogP contribution in [0.2, 0.25) is 5.02 Å². The highest BCUT2D eigenvalue weighted by Crippen LogP contribution is 2.19. The minimum atomic E-state index is -0.451. The predicted molar refractivity (Wildman–Crippen MR) is 89.7 cm³/mol. The molecule has 0 aliphatic rings. The standard InChI is InChI=1S/C17H16ClN3O2/c1-10-6-12(3)21(17(23)14(10)8-19)9-16(22)20-13-4-5-15(18)11(2)7-13/h4-7H,9H2,1-3H3,(H,20,22). The molecule has 1 heterocycles. The molecule has 0 bridgehead atoms. The van der Waals surface area contributed by atoms with Gasteiger partial charge >= 0.3 is 0 Å². The molecule has 0 fully saturated rings. The Morgan fingerprint density at radius 2 is 1.96 bits per heavy atom. The molecule has 0 saturated carbocycles. The average molecular weight is 330 g/mol. The van der Waals surface area contributed by atoms with Crippen molar-refractivity contribution in [3.05, 3.63) is 62.0 Å². The van der Waals surface area contributed by atoms with E-state index < -0.39 is 5.56 Å². The maximum Gasteiger partial charge on any atom is 0.269 e. The number of anilines is 1.